The normalized spacial score (nSPS) is 15.7. The van der Waals surface area contributed by atoms with Gasteiger partial charge in [-0.25, -0.2) is 0 Å². The van der Waals surface area contributed by atoms with Gasteiger partial charge in [0.2, 0.25) is 11.8 Å². The zero-order valence-electron chi connectivity index (χ0n) is 16.9. The van der Waals surface area contributed by atoms with Crippen molar-refractivity contribution < 1.29 is 9.59 Å². The lowest BCUT2D eigenvalue weighted by atomic mass is 9.89. The number of carbonyl (C=O) groups is 2. The fourth-order valence-corrected chi connectivity index (χ4v) is 4.02. The topological polar surface area (TPSA) is 49.4 Å². The maximum Gasteiger partial charge on any atom is 0.245 e. The maximum absolute atomic E-state index is 12.9. The largest absolute Gasteiger partial charge is 0.344 e. The average molecular weight is 413 g/mol. The molecule has 0 unspecified atom stereocenters. The van der Waals surface area contributed by atoms with Crippen molar-refractivity contribution >= 4 is 23.4 Å². The molecule has 5 heteroatoms. The predicted octanol–water partition coefficient (Wildman–Crippen LogP) is 4.57. The molecule has 1 N–H and O–H groups in total. The van der Waals surface area contributed by atoms with E-state index in [4.69, 9.17) is 11.6 Å². The van der Waals surface area contributed by atoms with E-state index in [1.165, 1.54) is 5.56 Å². The quantitative estimate of drug-likeness (QED) is 0.723. The van der Waals surface area contributed by atoms with Gasteiger partial charge in [-0.15, -0.1) is 0 Å². The van der Waals surface area contributed by atoms with Crippen molar-refractivity contribution in [2.24, 2.45) is 0 Å². The van der Waals surface area contributed by atoms with Crippen LogP contribution in [0.15, 0.2) is 54.6 Å². The summed E-state index contributed by atoms with van der Waals surface area (Å²) in [5.41, 5.74) is 2.41. The van der Waals surface area contributed by atoms with Crippen LogP contribution < -0.4 is 5.32 Å². The molecule has 1 heterocycles. The van der Waals surface area contributed by atoms with Gasteiger partial charge in [0.25, 0.3) is 0 Å². The van der Waals surface area contributed by atoms with E-state index in [-0.39, 0.29) is 11.8 Å². The first-order valence-corrected chi connectivity index (χ1v) is 10.8. The van der Waals surface area contributed by atoms with Crippen LogP contribution in [0.2, 0.25) is 5.02 Å². The highest BCUT2D eigenvalue weighted by atomic mass is 35.5. The van der Waals surface area contributed by atoms with E-state index >= 15 is 0 Å². The Bertz CT molecular complexity index is 799. The first kappa shape index (κ1) is 21.4. The van der Waals surface area contributed by atoms with E-state index < -0.39 is 6.04 Å². The minimum atomic E-state index is -0.439. The SMILES string of the molecule is CC[C@@H](NC(=O)CCc1ccccc1)C(=O)N1CCC(c2ccc(Cl)cc2)CC1. The molecule has 4 nitrogen and oxygen atoms in total. The summed E-state index contributed by atoms with van der Waals surface area (Å²) in [6, 6.07) is 17.5. The summed E-state index contributed by atoms with van der Waals surface area (Å²) >= 11 is 5.98. The van der Waals surface area contributed by atoms with Gasteiger partial charge >= 0.3 is 0 Å². The minimum Gasteiger partial charge on any atom is -0.344 e. The molecule has 0 bridgehead atoms. The van der Waals surface area contributed by atoms with E-state index in [1.54, 1.807) is 0 Å². The molecule has 0 saturated carbocycles. The number of hydrogen-bond acceptors (Lipinski definition) is 2. The summed E-state index contributed by atoms with van der Waals surface area (Å²) in [7, 11) is 0. The molecule has 1 aliphatic rings. The number of carbonyl (C=O) groups excluding carboxylic acids is 2. The highest BCUT2D eigenvalue weighted by Gasteiger charge is 2.28. The number of nitrogens with zero attached hydrogens (tertiary/aromatic N) is 1. The first-order valence-electron chi connectivity index (χ1n) is 10.4. The Labute approximate surface area is 178 Å². The zero-order valence-corrected chi connectivity index (χ0v) is 17.7. The van der Waals surface area contributed by atoms with Crippen LogP contribution in [-0.2, 0) is 16.0 Å². The first-order chi connectivity index (χ1) is 14.1. The third-order valence-electron chi connectivity index (χ3n) is 5.67. The second kappa shape index (κ2) is 10.4. The lowest BCUT2D eigenvalue weighted by molar-refractivity contribution is -0.137. The summed E-state index contributed by atoms with van der Waals surface area (Å²) in [6.07, 6.45) is 3.56. The summed E-state index contributed by atoms with van der Waals surface area (Å²) in [5, 5.41) is 3.68. The monoisotopic (exact) mass is 412 g/mol. The Morgan fingerprint density at radius 3 is 2.34 bits per heavy atom. The van der Waals surface area contributed by atoms with Gasteiger partial charge in [0.15, 0.2) is 0 Å². The van der Waals surface area contributed by atoms with E-state index in [0.717, 1.165) is 36.5 Å². The molecule has 1 saturated heterocycles. The van der Waals surface area contributed by atoms with Gasteiger partial charge < -0.3 is 10.2 Å². The van der Waals surface area contributed by atoms with Gasteiger partial charge in [0.05, 0.1) is 0 Å². The van der Waals surface area contributed by atoms with E-state index in [9.17, 15) is 9.59 Å². The molecule has 1 fully saturated rings. The van der Waals surface area contributed by atoms with Crippen LogP contribution in [0.1, 0.15) is 49.7 Å². The molecule has 1 aliphatic heterocycles. The Hall–Kier alpha value is -2.33. The summed E-state index contributed by atoms with van der Waals surface area (Å²) in [5.74, 6) is 0.428. The molecule has 0 radical (unpaired) electrons. The lowest BCUT2D eigenvalue weighted by Crippen LogP contribution is -2.50. The number of amides is 2. The van der Waals surface area contributed by atoms with E-state index in [0.29, 0.717) is 25.2 Å². The molecule has 2 aromatic rings. The number of benzene rings is 2. The van der Waals surface area contributed by atoms with Gasteiger partial charge in [0, 0.05) is 24.5 Å². The smallest absolute Gasteiger partial charge is 0.245 e. The van der Waals surface area contributed by atoms with E-state index in [1.807, 2.05) is 54.3 Å². The van der Waals surface area contributed by atoms with Crippen LogP contribution in [0.4, 0.5) is 0 Å². The lowest BCUT2D eigenvalue weighted by Gasteiger charge is -2.34. The standard InChI is InChI=1S/C24H29ClN2O2/c1-2-22(26-23(28)13-8-18-6-4-3-5-7-18)24(29)27-16-14-20(15-17-27)19-9-11-21(25)12-10-19/h3-7,9-12,20,22H,2,8,13-17H2,1H3,(H,26,28)/t22-/m1/s1. The van der Waals surface area contributed by atoms with Gasteiger partial charge in [-0.2, -0.15) is 0 Å². The second-order valence-corrected chi connectivity index (χ2v) is 8.10. The Morgan fingerprint density at radius 1 is 1.07 bits per heavy atom. The van der Waals surface area contributed by atoms with Crippen LogP contribution in [0, 0.1) is 0 Å². The zero-order chi connectivity index (χ0) is 20.6. The average Bonchev–Trinajstić information content (AvgIpc) is 2.77. The fraction of sp³-hybridized carbons (Fsp3) is 0.417. The Morgan fingerprint density at radius 2 is 1.72 bits per heavy atom. The van der Waals surface area contributed by atoms with Gasteiger partial charge in [-0.3, -0.25) is 9.59 Å². The molecule has 3 rings (SSSR count). The third kappa shape index (κ3) is 6.07. The van der Waals surface area contributed by atoms with Crippen LogP contribution in [0.3, 0.4) is 0 Å². The Kier molecular flexibility index (Phi) is 7.70. The maximum atomic E-state index is 12.9. The van der Waals surface area contributed by atoms with Crippen molar-refractivity contribution in [2.45, 2.75) is 51.0 Å². The number of halogens is 1. The number of hydrogen-bond donors (Lipinski definition) is 1. The summed E-state index contributed by atoms with van der Waals surface area (Å²) < 4.78 is 0. The van der Waals surface area contributed by atoms with Crippen LogP contribution in [0.5, 0.6) is 0 Å². The van der Waals surface area contributed by atoms with Crippen LogP contribution in [0.25, 0.3) is 0 Å². The van der Waals surface area contributed by atoms with Crippen molar-refractivity contribution in [1.29, 1.82) is 0 Å². The van der Waals surface area contributed by atoms with Gasteiger partial charge in [-0.1, -0.05) is 61.0 Å². The molecule has 1 atom stereocenters. The molecule has 29 heavy (non-hydrogen) atoms. The van der Waals surface area contributed by atoms with Gasteiger partial charge in [-0.05, 0) is 54.9 Å². The predicted molar refractivity (Wildman–Crippen MR) is 117 cm³/mol. The molecule has 2 aromatic carbocycles. The highest BCUT2D eigenvalue weighted by Crippen LogP contribution is 2.29. The van der Waals surface area contributed by atoms with E-state index in [2.05, 4.69) is 17.4 Å². The highest BCUT2D eigenvalue weighted by molar-refractivity contribution is 6.30. The molecule has 0 spiro atoms. The third-order valence-corrected chi connectivity index (χ3v) is 5.93. The summed E-state index contributed by atoms with van der Waals surface area (Å²) in [4.78, 5) is 27.2. The van der Waals surface area contributed by atoms with Gasteiger partial charge in [0.1, 0.15) is 6.04 Å². The second-order valence-electron chi connectivity index (χ2n) is 7.67. The number of rotatable bonds is 7. The van der Waals surface area contributed by atoms with Crippen molar-refractivity contribution in [3.05, 3.63) is 70.7 Å². The van der Waals surface area contributed by atoms with Crippen molar-refractivity contribution in [3.8, 4) is 0 Å². The molecule has 2 amide bonds. The Balaban J connectivity index is 1.48. The van der Waals surface area contributed by atoms with Crippen LogP contribution in [-0.4, -0.2) is 35.8 Å². The fourth-order valence-electron chi connectivity index (χ4n) is 3.90. The number of piperidine rings is 1. The molecule has 0 aromatic heterocycles. The minimum absolute atomic E-state index is 0.0371. The van der Waals surface area contributed by atoms with Crippen molar-refractivity contribution in [2.75, 3.05) is 13.1 Å². The molecular formula is C24H29ClN2O2. The number of likely N-dealkylation sites (tertiary alicyclic amines) is 1. The molecular weight excluding hydrogens is 384 g/mol. The van der Waals surface area contributed by atoms with Crippen molar-refractivity contribution in [1.82, 2.24) is 10.2 Å². The molecule has 154 valence electrons. The number of nitrogens with one attached hydrogen (secondary N) is 1. The van der Waals surface area contributed by atoms with Crippen LogP contribution >= 0.6 is 11.6 Å². The summed E-state index contributed by atoms with van der Waals surface area (Å²) in [6.45, 7) is 3.39. The number of aryl methyl sites for hydroxylation is 1. The van der Waals surface area contributed by atoms with Crippen molar-refractivity contribution in [3.63, 3.8) is 0 Å². The molecule has 0 aliphatic carbocycles.